The minimum atomic E-state index is -0.717. The van der Waals surface area contributed by atoms with Crippen LogP contribution >= 0.6 is 0 Å². The SMILES string of the molecule is C=C(C)C(=O)OC/C1=C\CC/C(CO)=C\[C@@H]2OC(=O)C(=C)[C@@H]2[C@@H](OC(C)=O)C1. The predicted molar refractivity (Wildman–Crippen MR) is 101 cm³/mol. The maximum atomic E-state index is 12.1. The van der Waals surface area contributed by atoms with Crippen LogP contribution in [0.2, 0.25) is 0 Å². The molecule has 0 aromatic carbocycles. The van der Waals surface area contributed by atoms with E-state index >= 15 is 0 Å². The molecule has 1 heterocycles. The highest BCUT2D eigenvalue weighted by atomic mass is 16.6. The molecule has 152 valence electrons. The van der Waals surface area contributed by atoms with Crippen molar-refractivity contribution in [3.63, 3.8) is 0 Å². The predicted octanol–water partition coefficient (Wildman–Crippen LogP) is 2.16. The Labute approximate surface area is 164 Å². The molecule has 7 heteroatoms. The number of hydrogen-bond acceptors (Lipinski definition) is 7. The molecule has 1 saturated heterocycles. The molecule has 0 aromatic rings. The van der Waals surface area contributed by atoms with Gasteiger partial charge >= 0.3 is 17.9 Å². The number of carbonyl (C=O) groups is 3. The van der Waals surface area contributed by atoms with Crippen molar-refractivity contribution in [1.82, 2.24) is 0 Å². The Balaban J connectivity index is 2.35. The van der Waals surface area contributed by atoms with Crippen LogP contribution in [-0.2, 0) is 28.6 Å². The maximum Gasteiger partial charge on any atom is 0.334 e. The molecular formula is C21H26O7. The van der Waals surface area contributed by atoms with Gasteiger partial charge in [-0.05, 0) is 37.0 Å². The van der Waals surface area contributed by atoms with Crippen molar-refractivity contribution in [3.05, 3.63) is 47.6 Å². The number of ether oxygens (including phenoxy) is 3. The second-order valence-electron chi connectivity index (χ2n) is 7.01. The van der Waals surface area contributed by atoms with Gasteiger partial charge in [0.25, 0.3) is 0 Å². The summed E-state index contributed by atoms with van der Waals surface area (Å²) in [6, 6.07) is 0. The summed E-state index contributed by atoms with van der Waals surface area (Å²) in [5.74, 6) is -2.16. The highest BCUT2D eigenvalue weighted by Crippen LogP contribution is 2.36. The fourth-order valence-electron chi connectivity index (χ4n) is 3.29. The highest BCUT2D eigenvalue weighted by molar-refractivity contribution is 5.91. The molecule has 3 atom stereocenters. The lowest BCUT2D eigenvalue weighted by molar-refractivity contribution is -0.149. The number of rotatable bonds is 5. The van der Waals surface area contributed by atoms with E-state index < -0.39 is 36.0 Å². The van der Waals surface area contributed by atoms with Crippen LogP contribution < -0.4 is 0 Å². The highest BCUT2D eigenvalue weighted by Gasteiger charge is 2.44. The minimum absolute atomic E-state index is 0.0142. The van der Waals surface area contributed by atoms with E-state index in [-0.39, 0.29) is 30.8 Å². The number of aliphatic hydroxyl groups excluding tert-OH is 1. The summed E-state index contributed by atoms with van der Waals surface area (Å²) in [5.41, 5.74) is 1.94. The molecule has 1 aliphatic carbocycles. The molecule has 0 spiro atoms. The average molecular weight is 390 g/mol. The third-order valence-electron chi connectivity index (χ3n) is 4.68. The minimum Gasteiger partial charge on any atom is -0.461 e. The van der Waals surface area contributed by atoms with Gasteiger partial charge < -0.3 is 19.3 Å². The first kappa shape index (κ1) is 21.6. The van der Waals surface area contributed by atoms with E-state index in [2.05, 4.69) is 13.2 Å². The molecule has 2 aliphatic rings. The van der Waals surface area contributed by atoms with Gasteiger partial charge in [0.1, 0.15) is 18.8 Å². The van der Waals surface area contributed by atoms with Gasteiger partial charge in [-0.15, -0.1) is 0 Å². The third kappa shape index (κ3) is 5.42. The van der Waals surface area contributed by atoms with Gasteiger partial charge in [0.05, 0.1) is 12.5 Å². The van der Waals surface area contributed by atoms with E-state index in [4.69, 9.17) is 14.2 Å². The number of hydrogen-bond donors (Lipinski definition) is 1. The molecule has 28 heavy (non-hydrogen) atoms. The Bertz CT molecular complexity index is 744. The van der Waals surface area contributed by atoms with Gasteiger partial charge in [-0.25, -0.2) is 9.59 Å². The number of aliphatic hydroxyl groups is 1. The summed E-state index contributed by atoms with van der Waals surface area (Å²) < 4.78 is 16.1. The lowest BCUT2D eigenvalue weighted by Crippen LogP contribution is -2.33. The van der Waals surface area contributed by atoms with E-state index in [1.807, 2.05) is 6.08 Å². The number of carbonyl (C=O) groups excluding carboxylic acids is 3. The van der Waals surface area contributed by atoms with Crippen LogP contribution in [-0.4, -0.2) is 48.4 Å². The summed E-state index contributed by atoms with van der Waals surface area (Å²) in [5, 5.41) is 9.62. The molecule has 1 aliphatic heterocycles. The maximum absolute atomic E-state index is 12.1. The van der Waals surface area contributed by atoms with Crippen molar-refractivity contribution in [1.29, 1.82) is 0 Å². The topological polar surface area (TPSA) is 99.1 Å². The van der Waals surface area contributed by atoms with Crippen molar-refractivity contribution >= 4 is 17.9 Å². The quantitative estimate of drug-likeness (QED) is 0.332. The second kappa shape index (κ2) is 9.50. The van der Waals surface area contributed by atoms with Gasteiger partial charge in [-0.2, -0.15) is 0 Å². The molecule has 1 fully saturated rings. The van der Waals surface area contributed by atoms with Gasteiger partial charge in [0.2, 0.25) is 0 Å². The monoisotopic (exact) mass is 390 g/mol. The van der Waals surface area contributed by atoms with E-state index in [9.17, 15) is 19.5 Å². The van der Waals surface area contributed by atoms with E-state index in [0.717, 1.165) is 5.57 Å². The average Bonchev–Trinajstić information content (AvgIpc) is 2.90. The smallest absolute Gasteiger partial charge is 0.334 e. The molecule has 1 N–H and O–H groups in total. The van der Waals surface area contributed by atoms with Crippen LogP contribution in [0.4, 0.5) is 0 Å². The van der Waals surface area contributed by atoms with E-state index in [1.54, 1.807) is 13.0 Å². The van der Waals surface area contributed by atoms with Gasteiger partial charge in [-0.3, -0.25) is 4.79 Å². The first-order chi connectivity index (χ1) is 13.2. The van der Waals surface area contributed by atoms with Crippen molar-refractivity contribution < 1.29 is 33.7 Å². The van der Waals surface area contributed by atoms with Crippen LogP contribution in [0.1, 0.15) is 33.1 Å². The Morgan fingerprint density at radius 2 is 2.04 bits per heavy atom. The summed E-state index contributed by atoms with van der Waals surface area (Å²) in [6.07, 6.45) is 3.62. The summed E-state index contributed by atoms with van der Waals surface area (Å²) >= 11 is 0. The van der Waals surface area contributed by atoms with Crippen LogP contribution in [0.15, 0.2) is 47.6 Å². The molecule has 0 radical (unpaired) electrons. The second-order valence-corrected chi connectivity index (χ2v) is 7.01. The zero-order valence-electron chi connectivity index (χ0n) is 16.2. The Morgan fingerprint density at radius 1 is 1.32 bits per heavy atom. The van der Waals surface area contributed by atoms with E-state index in [0.29, 0.717) is 18.4 Å². The largest absolute Gasteiger partial charge is 0.461 e. The van der Waals surface area contributed by atoms with Crippen molar-refractivity contribution in [2.24, 2.45) is 5.92 Å². The first-order valence-electron chi connectivity index (χ1n) is 9.10. The zero-order valence-corrected chi connectivity index (χ0v) is 16.2. The summed E-state index contributed by atoms with van der Waals surface area (Å²) in [4.78, 5) is 35.5. The van der Waals surface area contributed by atoms with Gasteiger partial charge in [0, 0.05) is 24.5 Å². The lowest BCUT2D eigenvalue weighted by Gasteiger charge is -2.27. The van der Waals surface area contributed by atoms with Crippen molar-refractivity contribution in [2.45, 2.75) is 45.3 Å². The molecule has 0 unspecified atom stereocenters. The van der Waals surface area contributed by atoms with Gasteiger partial charge in [-0.1, -0.05) is 19.2 Å². The normalized spacial score (nSPS) is 28.8. The fourth-order valence-corrected chi connectivity index (χ4v) is 3.29. The Morgan fingerprint density at radius 3 is 2.64 bits per heavy atom. The van der Waals surface area contributed by atoms with Crippen LogP contribution in [0.25, 0.3) is 0 Å². The Hall–Kier alpha value is -2.67. The molecule has 0 amide bonds. The lowest BCUT2D eigenvalue weighted by atomic mass is 9.85. The van der Waals surface area contributed by atoms with E-state index in [1.165, 1.54) is 6.92 Å². The molecule has 0 saturated carbocycles. The van der Waals surface area contributed by atoms with Gasteiger partial charge in [0.15, 0.2) is 0 Å². The van der Waals surface area contributed by atoms with Crippen LogP contribution in [0.5, 0.6) is 0 Å². The zero-order chi connectivity index (χ0) is 20.8. The molecule has 7 nitrogen and oxygen atoms in total. The number of fused-ring (bicyclic) bond motifs is 1. The number of allylic oxidation sites excluding steroid dienone is 1. The number of esters is 3. The molecule has 0 aromatic heterocycles. The molecule has 2 rings (SSSR count). The standard InChI is InChI=1S/C21H26O7/c1-12(2)20(24)26-11-16-7-5-6-15(10-22)8-18-19(13(3)21(25)28-18)17(9-16)27-14(4)23/h7-8,17-19,22H,1,3,5-6,9-11H2,2,4H3/b15-8+,16-7-/t17-,18-,19+/m0/s1. The molecular weight excluding hydrogens is 364 g/mol. The van der Waals surface area contributed by atoms with Crippen LogP contribution in [0.3, 0.4) is 0 Å². The summed E-state index contributed by atoms with van der Waals surface area (Å²) in [7, 11) is 0. The third-order valence-corrected chi connectivity index (χ3v) is 4.68. The fraction of sp³-hybridized carbons (Fsp3) is 0.476. The van der Waals surface area contributed by atoms with Crippen LogP contribution in [0, 0.1) is 5.92 Å². The first-order valence-corrected chi connectivity index (χ1v) is 9.10. The Kier molecular flexibility index (Phi) is 7.34. The van der Waals surface area contributed by atoms with Crippen molar-refractivity contribution in [3.8, 4) is 0 Å². The van der Waals surface area contributed by atoms with Crippen molar-refractivity contribution in [2.75, 3.05) is 13.2 Å². The summed E-state index contributed by atoms with van der Waals surface area (Å²) in [6.45, 7) is 10.0. The molecule has 0 bridgehead atoms.